The molecule has 1 aliphatic rings. The number of piperazine rings is 1. The van der Waals surface area contributed by atoms with Crippen LogP contribution in [0.2, 0.25) is 0 Å². The van der Waals surface area contributed by atoms with E-state index < -0.39 is 0 Å². The average molecular weight is 373 g/mol. The number of methoxy groups -OCH3 is 1. The number of halogens is 1. The molecule has 3 N–H and O–H groups in total. The van der Waals surface area contributed by atoms with Crippen LogP contribution in [0.15, 0.2) is 48.5 Å². The van der Waals surface area contributed by atoms with Gasteiger partial charge < -0.3 is 19.9 Å². The van der Waals surface area contributed by atoms with Crippen LogP contribution in [0.1, 0.15) is 11.1 Å². The summed E-state index contributed by atoms with van der Waals surface area (Å²) in [5.74, 6) is 0.590. The van der Waals surface area contributed by atoms with Crippen LogP contribution in [-0.2, 0) is 17.9 Å². The highest BCUT2D eigenvalue weighted by Gasteiger charge is 2.25. The number of hydrogen-bond acceptors (Lipinski definition) is 2. The van der Waals surface area contributed by atoms with Crippen LogP contribution >= 0.6 is 0 Å². The molecule has 27 heavy (non-hydrogen) atoms. The van der Waals surface area contributed by atoms with Crippen LogP contribution in [-0.4, -0.2) is 45.7 Å². The van der Waals surface area contributed by atoms with Crippen LogP contribution < -0.4 is 19.9 Å². The van der Waals surface area contributed by atoms with Crippen molar-refractivity contribution >= 4 is 5.91 Å². The van der Waals surface area contributed by atoms with Gasteiger partial charge in [-0.25, -0.2) is 4.39 Å². The van der Waals surface area contributed by atoms with Gasteiger partial charge in [0.05, 0.1) is 12.7 Å². The lowest BCUT2D eigenvalue weighted by molar-refractivity contribution is -1.02. The van der Waals surface area contributed by atoms with Crippen molar-refractivity contribution in [2.24, 2.45) is 0 Å². The first kappa shape index (κ1) is 19.3. The molecule has 0 spiro atoms. The highest BCUT2D eigenvalue weighted by Crippen LogP contribution is 2.18. The summed E-state index contributed by atoms with van der Waals surface area (Å²) in [6.07, 6.45) is 0. The smallest absolute Gasteiger partial charge is 0.275 e. The predicted octanol–water partition coefficient (Wildman–Crippen LogP) is -0.566. The van der Waals surface area contributed by atoms with E-state index in [1.807, 2.05) is 30.3 Å². The molecular weight excluding hydrogens is 345 g/mol. The van der Waals surface area contributed by atoms with Crippen LogP contribution in [0.5, 0.6) is 5.75 Å². The summed E-state index contributed by atoms with van der Waals surface area (Å²) in [6, 6.07) is 14.6. The Morgan fingerprint density at radius 1 is 1.07 bits per heavy atom. The molecule has 0 radical (unpaired) electrons. The Morgan fingerprint density at radius 3 is 2.48 bits per heavy atom. The monoisotopic (exact) mass is 373 g/mol. The molecule has 5 nitrogen and oxygen atoms in total. The Bertz CT molecular complexity index is 746. The molecule has 0 aliphatic carbocycles. The van der Waals surface area contributed by atoms with Gasteiger partial charge in [-0.15, -0.1) is 0 Å². The minimum atomic E-state index is -0.232. The zero-order valence-corrected chi connectivity index (χ0v) is 15.8. The van der Waals surface area contributed by atoms with Crippen LogP contribution in [0, 0.1) is 5.82 Å². The van der Waals surface area contributed by atoms with Crippen molar-refractivity contribution in [2.75, 3.05) is 39.8 Å². The number of amides is 1. The highest BCUT2D eigenvalue weighted by molar-refractivity contribution is 5.76. The van der Waals surface area contributed by atoms with E-state index in [2.05, 4.69) is 5.32 Å². The SMILES string of the molecule is COc1ccc(F)cc1C[NH+]1CC[NH+](CC(=O)NCc2ccccc2)CC1. The summed E-state index contributed by atoms with van der Waals surface area (Å²) in [5, 5.41) is 2.99. The van der Waals surface area contributed by atoms with E-state index in [4.69, 9.17) is 4.74 Å². The lowest BCUT2D eigenvalue weighted by Gasteiger charge is -2.29. The minimum absolute atomic E-state index is 0.0871. The number of ether oxygens (including phenoxy) is 1. The number of hydrogen-bond donors (Lipinski definition) is 3. The Hall–Kier alpha value is -2.44. The zero-order valence-electron chi connectivity index (χ0n) is 15.8. The van der Waals surface area contributed by atoms with Gasteiger partial charge in [0.25, 0.3) is 5.91 Å². The fourth-order valence-corrected chi connectivity index (χ4v) is 3.55. The van der Waals surface area contributed by atoms with Gasteiger partial charge in [-0.1, -0.05) is 30.3 Å². The summed E-state index contributed by atoms with van der Waals surface area (Å²) in [5.41, 5.74) is 2.01. The van der Waals surface area contributed by atoms with Crippen molar-refractivity contribution in [3.8, 4) is 5.75 Å². The number of nitrogens with one attached hydrogen (secondary N) is 3. The molecule has 0 bridgehead atoms. The predicted molar refractivity (Wildman–Crippen MR) is 101 cm³/mol. The second kappa shape index (κ2) is 9.48. The molecule has 0 atom stereocenters. The van der Waals surface area contributed by atoms with Gasteiger partial charge in [-0.3, -0.25) is 4.79 Å². The van der Waals surface area contributed by atoms with E-state index in [1.54, 1.807) is 19.2 Å². The van der Waals surface area contributed by atoms with Crippen molar-refractivity contribution in [1.29, 1.82) is 0 Å². The van der Waals surface area contributed by atoms with E-state index in [-0.39, 0.29) is 11.7 Å². The van der Waals surface area contributed by atoms with Gasteiger partial charge in [0, 0.05) is 6.54 Å². The van der Waals surface area contributed by atoms with Gasteiger partial charge in [0.1, 0.15) is 44.3 Å². The first-order valence-corrected chi connectivity index (χ1v) is 9.44. The minimum Gasteiger partial charge on any atom is -0.496 e. The molecule has 6 heteroatoms. The fourth-order valence-electron chi connectivity index (χ4n) is 3.55. The third-order valence-corrected chi connectivity index (χ3v) is 5.09. The number of carbonyl (C=O) groups excluding carboxylic acids is 1. The lowest BCUT2D eigenvalue weighted by atomic mass is 10.1. The molecular formula is C21H28FN3O2+2. The first-order valence-electron chi connectivity index (χ1n) is 9.44. The molecule has 1 heterocycles. The van der Waals surface area contributed by atoms with Gasteiger partial charge in [0.15, 0.2) is 6.54 Å². The summed E-state index contributed by atoms with van der Waals surface area (Å²) in [7, 11) is 1.61. The Labute approximate surface area is 159 Å². The Balaban J connectivity index is 1.42. The third kappa shape index (κ3) is 5.77. The number of benzene rings is 2. The molecule has 2 aromatic carbocycles. The van der Waals surface area contributed by atoms with Crippen molar-refractivity contribution in [1.82, 2.24) is 5.32 Å². The summed E-state index contributed by atoms with van der Waals surface area (Å²) >= 11 is 0. The quantitative estimate of drug-likeness (QED) is 0.609. The second-order valence-corrected chi connectivity index (χ2v) is 7.07. The van der Waals surface area contributed by atoms with E-state index in [9.17, 15) is 9.18 Å². The van der Waals surface area contributed by atoms with Crippen LogP contribution in [0.25, 0.3) is 0 Å². The van der Waals surface area contributed by atoms with E-state index in [0.717, 1.165) is 49.6 Å². The van der Waals surface area contributed by atoms with Gasteiger partial charge in [0.2, 0.25) is 0 Å². The van der Waals surface area contributed by atoms with E-state index >= 15 is 0 Å². The van der Waals surface area contributed by atoms with E-state index in [0.29, 0.717) is 13.1 Å². The molecule has 1 fully saturated rings. The maximum Gasteiger partial charge on any atom is 0.275 e. The second-order valence-electron chi connectivity index (χ2n) is 7.07. The van der Waals surface area contributed by atoms with Crippen LogP contribution in [0.4, 0.5) is 4.39 Å². The maximum absolute atomic E-state index is 13.5. The van der Waals surface area contributed by atoms with Gasteiger partial charge in [-0.2, -0.15) is 0 Å². The van der Waals surface area contributed by atoms with Crippen LogP contribution in [0.3, 0.4) is 0 Å². The zero-order chi connectivity index (χ0) is 19.1. The topological polar surface area (TPSA) is 47.2 Å². The fraction of sp³-hybridized carbons (Fsp3) is 0.381. The van der Waals surface area contributed by atoms with E-state index in [1.165, 1.54) is 15.9 Å². The number of carbonyl (C=O) groups is 1. The standard InChI is InChI=1S/C21H26FN3O2/c1-27-20-8-7-19(22)13-18(20)15-24-9-11-25(12-10-24)16-21(26)23-14-17-5-3-2-4-6-17/h2-8,13H,9-12,14-16H2,1H3,(H,23,26)/p+2. The molecule has 1 saturated heterocycles. The Morgan fingerprint density at radius 2 is 1.78 bits per heavy atom. The normalized spacial score (nSPS) is 19.5. The lowest BCUT2D eigenvalue weighted by Crippen LogP contribution is -3.28. The summed E-state index contributed by atoms with van der Waals surface area (Å²) in [6.45, 7) is 5.61. The highest BCUT2D eigenvalue weighted by atomic mass is 19.1. The van der Waals surface area contributed by atoms with Gasteiger partial charge >= 0.3 is 0 Å². The number of quaternary nitrogens is 2. The Kier molecular flexibility index (Phi) is 6.79. The largest absolute Gasteiger partial charge is 0.496 e. The maximum atomic E-state index is 13.5. The molecule has 1 aliphatic heterocycles. The van der Waals surface area contributed by atoms with Crippen molar-refractivity contribution in [2.45, 2.75) is 13.1 Å². The molecule has 0 aromatic heterocycles. The molecule has 2 aromatic rings. The average Bonchev–Trinajstić information content (AvgIpc) is 2.69. The molecule has 0 saturated carbocycles. The first-order chi connectivity index (χ1) is 13.1. The van der Waals surface area contributed by atoms with Crippen molar-refractivity contribution in [3.63, 3.8) is 0 Å². The summed E-state index contributed by atoms with van der Waals surface area (Å²) < 4.78 is 18.9. The van der Waals surface area contributed by atoms with Gasteiger partial charge in [-0.05, 0) is 23.8 Å². The molecule has 144 valence electrons. The summed E-state index contributed by atoms with van der Waals surface area (Å²) in [4.78, 5) is 14.9. The molecule has 1 amide bonds. The van der Waals surface area contributed by atoms with Crippen molar-refractivity contribution < 1.29 is 23.7 Å². The van der Waals surface area contributed by atoms with Crippen molar-refractivity contribution in [3.05, 3.63) is 65.5 Å². The third-order valence-electron chi connectivity index (χ3n) is 5.09. The molecule has 3 rings (SSSR count). The number of rotatable bonds is 7. The molecule has 0 unspecified atom stereocenters.